The summed E-state index contributed by atoms with van der Waals surface area (Å²) in [6, 6.07) is 31.8. The third kappa shape index (κ3) is 3.35. The lowest BCUT2D eigenvalue weighted by atomic mass is 10.00. The number of methoxy groups -OCH3 is 2. The Morgan fingerprint density at radius 1 is 0.595 bits per heavy atom. The third-order valence-electron chi connectivity index (χ3n) is 6.93. The van der Waals surface area contributed by atoms with Gasteiger partial charge in [0.25, 0.3) is 0 Å². The van der Waals surface area contributed by atoms with Crippen LogP contribution in [0, 0.1) is 0 Å². The highest BCUT2D eigenvalue weighted by atomic mass is 32.1. The zero-order valence-corrected chi connectivity index (χ0v) is 21.2. The summed E-state index contributed by atoms with van der Waals surface area (Å²) < 4.78 is 14.1. The number of thiophene rings is 1. The predicted octanol–water partition coefficient (Wildman–Crippen LogP) is 8.50. The summed E-state index contributed by atoms with van der Waals surface area (Å²) in [5.41, 5.74) is 5.98. The maximum absolute atomic E-state index is 5.73. The van der Waals surface area contributed by atoms with Crippen LogP contribution in [0.1, 0.15) is 0 Å². The van der Waals surface area contributed by atoms with Gasteiger partial charge in [0.2, 0.25) is 0 Å². The average Bonchev–Trinajstić information content (AvgIpc) is 3.35. The van der Waals surface area contributed by atoms with Crippen molar-refractivity contribution >= 4 is 53.3 Å². The molecule has 178 valence electrons. The first-order valence-corrected chi connectivity index (χ1v) is 12.9. The van der Waals surface area contributed by atoms with Crippen molar-refractivity contribution in [1.82, 2.24) is 9.97 Å². The van der Waals surface area contributed by atoms with Crippen molar-refractivity contribution in [2.75, 3.05) is 14.2 Å². The van der Waals surface area contributed by atoms with E-state index in [0.29, 0.717) is 11.5 Å². The summed E-state index contributed by atoms with van der Waals surface area (Å²) in [6.07, 6.45) is 1.78. The number of nitrogens with zero attached hydrogens (tertiary/aromatic N) is 2. The van der Waals surface area contributed by atoms with Gasteiger partial charge in [-0.3, -0.25) is 4.98 Å². The Bertz CT molecular complexity index is 1960. The predicted molar refractivity (Wildman–Crippen MR) is 154 cm³/mol. The number of hydrogen-bond donors (Lipinski definition) is 0. The maximum Gasteiger partial charge on any atom is 0.170 e. The molecule has 0 unspecified atom stereocenters. The van der Waals surface area contributed by atoms with Gasteiger partial charge < -0.3 is 9.47 Å². The highest BCUT2D eigenvalue weighted by Gasteiger charge is 2.18. The molecule has 0 aliphatic heterocycles. The molecule has 7 aromatic rings. The van der Waals surface area contributed by atoms with Gasteiger partial charge in [-0.2, -0.15) is 0 Å². The Labute approximate surface area is 217 Å². The van der Waals surface area contributed by atoms with Crippen LogP contribution in [0.15, 0.2) is 97.2 Å². The molecular formula is C32H22N2O2S. The standard InChI is InChI=1S/C32H22N2O2S/c1-35-30-24-10-6-18-33-28(24)29-25(31(30)36-2)16-17-26(34-29)20-14-12-19(13-15-20)21-8-5-9-23-22-7-3-4-11-27(22)37-32(21)23/h3-18H,1-2H3. The lowest BCUT2D eigenvalue weighted by Crippen LogP contribution is -1.97. The van der Waals surface area contributed by atoms with Gasteiger partial charge in [-0.1, -0.05) is 60.7 Å². The Morgan fingerprint density at radius 3 is 2.11 bits per heavy atom. The molecule has 3 heterocycles. The zero-order valence-electron chi connectivity index (χ0n) is 20.4. The van der Waals surface area contributed by atoms with Crippen LogP contribution in [-0.2, 0) is 0 Å². The second-order valence-electron chi connectivity index (χ2n) is 8.92. The number of benzene rings is 4. The van der Waals surface area contributed by atoms with E-state index in [1.807, 2.05) is 35.6 Å². The molecule has 0 radical (unpaired) electrons. The first-order valence-electron chi connectivity index (χ1n) is 12.1. The lowest BCUT2D eigenvalue weighted by Gasteiger charge is -2.14. The quantitative estimate of drug-likeness (QED) is 0.228. The topological polar surface area (TPSA) is 44.2 Å². The molecule has 0 N–H and O–H groups in total. The van der Waals surface area contributed by atoms with Gasteiger partial charge in [-0.15, -0.1) is 11.3 Å². The molecule has 7 rings (SSSR count). The summed E-state index contributed by atoms with van der Waals surface area (Å²) in [7, 11) is 3.31. The van der Waals surface area contributed by atoms with Crippen LogP contribution in [0.4, 0.5) is 0 Å². The molecule has 3 aromatic heterocycles. The van der Waals surface area contributed by atoms with E-state index in [4.69, 9.17) is 14.5 Å². The summed E-state index contributed by atoms with van der Waals surface area (Å²) in [4.78, 5) is 9.67. The summed E-state index contributed by atoms with van der Waals surface area (Å²) in [5.74, 6) is 1.34. The second kappa shape index (κ2) is 8.57. The smallest absolute Gasteiger partial charge is 0.170 e. The first kappa shape index (κ1) is 21.8. The minimum atomic E-state index is 0.670. The van der Waals surface area contributed by atoms with Gasteiger partial charge in [0.1, 0.15) is 11.0 Å². The van der Waals surface area contributed by atoms with Crippen molar-refractivity contribution in [3.8, 4) is 33.9 Å². The Kier molecular flexibility index (Phi) is 5.05. The Balaban J connectivity index is 1.35. The SMILES string of the molecule is COc1c(OC)c2ccc(-c3ccc(-c4cccc5c4sc4ccccc45)cc3)nc2c2ncccc12. The number of pyridine rings is 2. The van der Waals surface area contributed by atoms with Gasteiger partial charge in [-0.05, 0) is 41.5 Å². The fourth-order valence-electron chi connectivity index (χ4n) is 5.21. The number of fused-ring (bicyclic) bond motifs is 6. The van der Waals surface area contributed by atoms with E-state index in [1.54, 1.807) is 20.4 Å². The lowest BCUT2D eigenvalue weighted by molar-refractivity contribution is 0.362. The minimum absolute atomic E-state index is 0.670. The van der Waals surface area contributed by atoms with Crippen molar-refractivity contribution in [3.05, 3.63) is 97.2 Å². The largest absolute Gasteiger partial charge is 0.492 e. The average molecular weight is 499 g/mol. The number of aromatic nitrogens is 2. The Hall–Kier alpha value is -4.48. The van der Waals surface area contributed by atoms with Crippen molar-refractivity contribution in [1.29, 1.82) is 0 Å². The van der Waals surface area contributed by atoms with E-state index in [-0.39, 0.29) is 0 Å². The van der Waals surface area contributed by atoms with Crippen molar-refractivity contribution in [3.63, 3.8) is 0 Å². The monoisotopic (exact) mass is 498 g/mol. The fourth-order valence-corrected chi connectivity index (χ4v) is 6.44. The van der Waals surface area contributed by atoms with Crippen LogP contribution < -0.4 is 9.47 Å². The molecule has 4 aromatic carbocycles. The number of rotatable bonds is 4. The summed E-state index contributed by atoms with van der Waals surface area (Å²) in [5, 5.41) is 4.38. The van der Waals surface area contributed by atoms with Crippen LogP contribution in [-0.4, -0.2) is 24.2 Å². The van der Waals surface area contributed by atoms with E-state index in [1.165, 1.54) is 31.3 Å². The molecule has 0 aliphatic rings. The zero-order chi connectivity index (χ0) is 24.9. The highest BCUT2D eigenvalue weighted by Crippen LogP contribution is 2.43. The third-order valence-corrected chi connectivity index (χ3v) is 8.15. The molecule has 5 heteroatoms. The fraction of sp³-hybridized carbons (Fsp3) is 0.0625. The maximum atomic E-state index is 5.73. The molecule has 0 amide bonds. The van der Waals surface area contributed by atoms with Crippen LogP contribution in [0.25, 0.3) is 64.4 Å². The van der Waals surface area contributed by atoms with Gasteiger partial charge in [0, 0.05) is 42.7 Å². The van der Waals surface area contributed by atoms with Crippen molar-refractivity contribution in [2.24, 2.45) is 0 Å². The van der Waals surface area contributed by atoms with Crippen molar-refractivity contribution in [2.45, 2.75) is 0 Å². The van der Waals surface area contributed by atoms with E-state index in [9.17, 15) is 0 Å². The molecule has 0 saturated carbocycles. The van der Waals surface area contributed by atoms with Gasteiger partial charge >= 0.3 is 0 Å². The van der Waals surface area contributed by atoms with Crippen molar-refractivity contribution < 1.29 is 9.47 Å². The van der Waals surface area contributed by atoms with Crippen LogP contribution in [0.3, 0.4) is 0 Å². The minimum Gasteiger partial charge on any atom is -0.492 e. The van der Waals surface area contributed by atoms with E-state index >= 15 is 0 Å². The van der Waals surface area contributed by atoms with Gasteiger partial charge in [-0.25, -0.2) is 4.98 Å². The van der Waals surface area contributed by atoms with Crippen LogP contribution >= 0.6 is 11.3 Å². The molecule has 4 nitrogen and oxygen atoms in total. The molecule has 0 aliphatic carbocycles. The molecule has 0 bridgehead atoms. The molecule has 0 saturated heterocycles. The number of hydrogen-bond acceptors (Lipinski definition) is 5. The normalized spacial score (nSPS) is 11.5. The molecule has 0 atom stereocenters. The van der Waals surface area contributed by atoms with Gasteiger partial charge in [0.15, 0.2) is 11.5 Å². The van der Waals surface area contributed by atoms with E-state index in [2.05, 4.69) is 71.7 Å². The summed E-state index contributed by atoms with van der Waals surface area (Å²) >= 11 is 1.85. The second-order valence-corrected chi connectivity index (χ2v) is 9.97. The van der Waals surface area contributed by atoms with Crippen LogP contribution in [0.2, 0.25) is 0 Å². The first-order chi connectivity index (χ1) is 18.3. The van der Waals surface area contributed by atoms with Crippen LogP contribution in [0.5, 0.6) is 11.5 Å². The molecule has 0 fully saturated rings. The molecule has 37 heavy (non-hydrogen) atoms. The van der Waals surface area contributed by atoms with E-state index in [0.717, 1.165) is 33.1 Å². The molecular weight excluding hydrogens is 476 g/mol. The highest BCUT2D eigenvalue weighted by molar-refractivity contribution is 7.26. The summed E-state index contributed by atoms with van der Waals surface area (Å²) in [6.45, 7) is 0. The Morgan fingerprint density at radius 2 is 1.30 bits per heavy atom. The number of ether oxygens (including phenoxy) is 2. The molecule has 0 spiro atoms. The van der Waals surface area contributed by atoms with E-state index < -0.39 is 0 Å². The van der Waals surface area contributed by atoms with Gasteiger partial charge in [0.05, 0.1) is 19.9 Å².